The van der Waals surface area contributed by atoms with Gasteiger partial charge in [0, 0.05) is 55.0 Å². The van der Waals surface area contributed by atoms with Gasteiger partial charge in [-0.2, -0.15) is 0 Å². The molecular formula is C26H25N7O. The van der Waals surface area contributed by atoms with Crippen LogP contribution in [0.2, 0.25) is 0 Å². The summed E-state index contributed by atoms with van der Waals surface area (Å²) in [6.07, 6.45) is 10.2. The molecule has 4 aromatic heterocycles. The first-order valence-corrected chi connectivity index (χ1v) is 11.6. The molecule has 1 spiro atoms. The minimum absolute atomic E-state index is 0.0515. The number of aryl methyl sites for hydroxylation is 1. The number of hydrogen-bond acceptors (Lipinski definition) is 7. The normalized spacial score (nSPS) is 18.4. The van der Waals surface area contributed by atoms with Crippen molar-refractivity contribution in [2.24, 2.45) is 5.41 Å². The van der Waals surface area contributed by atoms with Gasteiger partial charge >= 0.3 is 0 Å². The molecule has 5 heterocycles. The summed E-state index contributed by atoms with van der Waals surface area (Å²) in [7, 11) is 0. The van der Waals surface area contributed by atoms with Crippen LogP contribution < -0.4 is 5.32 Å². The van der Waals surface area contributed by atoms with E-state index in [1.54, 1.807) is 30.9 Å². The molecule has 0 radical (unpaired) electrons. The van der Waals surface area contributed by atoms with E-state index in [1.807, 2.05) is 42.2 Å². The molecule has 1 aliphatic carbocycles. The number of aromatic nitrogens is 5. The van der Waals surface area contributed by atoms with Gasteiger partial charge in [0.05, 0.1) is 11.1 Å². The molecule has 6 rings (SSSR count). The first-order chi connectivity index (χ1) is 16.6. The summed E-state index contributed by atoms with van der Waals surface area (Å²) >= 11 is 0. The molecule has 8 nitrogen and oxygen atoms in total. The van der Waals surface area contributed by atoms with Crippen LogP contribution in [0.4, 0.5) is 5.82 Å². The summed E-state index contributed by atoms with van der Waals surface area (Å²) in [6, 6.07) is 11.4. The lowest BCUT2D eigenvalue weighted by Gasteiger charge is -2.26. The predicted molar refractivity (Wildman–Crippen MR) is 129 cm³/mol. The number of fused-ring (bicyclic) bond motifs is 1. The highest BCUT2D eigenvalue weighted by atomic mass is 16.2. The summed E-state index contributed by atoms with van der Waals surface area (Å²) in [5.74, 6) is 1.25. The predicted octanol–water partition coefficient (Wildman–Crippen LogP) is 3.90. The van der Waals surface area contributed by atoms with Gasteiger partial charge in [-0.25, -0.2) is 19.9 Å². The van der Waals surface area contributed by atoms with Crippen LogP contribution in [0.1, 0.15) is 35.4 Å². The highest BCUT2D eigenvalue weighted by Gasteiger charge is 2.53. The maximum Gasteiger partial charge on any atom is 0.273 e. The zero-order valence-electron chi connectivity index (χ0n) is 19.0. The zero-order valence-corrected chi connectivity index (χ0v) is 19.0. The molecule has 0 unspecified atom stereocenters. The van der Waals surface area contributed by atoms with Crippen molar-refractivity contribution in [3.63, 3.8) is 0 Å². The van der Waals surface area contributed by atoms with Gasteiger partial charge in [-0.1, -0.05) is 0 Å². The van der Waals surface area contributed by atoms with E-state index >= 15 is 0 Å². The van der Waals surface area contributed by atoms with Crippen molar-refractivity contribution in [2.45, 2.75) is 32.2 Å². The van der Waals surface area contributed by atoms with Crippen molar-refractivity contribution in [1.82, 2.24) is 29.8 Å². The van der Waals surface area contributed by atoms with Crippen LogP contribution in [0.15, 0.2) is 61.2 Å². The molecule has 1 atom stereocenters. The zero-order chi connectivity index (χ0) is 23.1. The number of carbonyl (C=O) groups is 1. The summed E-state index contributed by atoms with van der Waals surface area (Å²) in [4.78, 5) is 38.2. The van der Waals surface area contributed by atoms with E-state index < -0.39 is 0 Å². The number of nitrogens with one attached hydrogen (secondary N) is 1. The number of nitrogens with zero attached hydrogens (tertiary/aromatic N) is 6. The van der Waals surface area contributed by atoms with Gasteiger partial charge in [-0.05, 0) is 68.0 Å². The molecule has 34 heavy (non-hydrogen) atoms. The number of hydrogen-bond donors (Lipinski definition) is 1. The van der Waals surface area contributed by atoms with E-state index in [2.05, 4.69) is 30.2 Å². The number of amides is 1. The Morgan fingerprint density at radius 2 is 1.85 bits per heavy atom. The Labute approximate surface area is 197 Å². The van der Waals surface area contributed by atoms with Gasteiger partial charge in [0.1, 0.15) is 11.5 Å². The summed E-state index contributed by atoms with van der Waals surface area (Å²) < 4.78 is 0. The molecule has 170 valence electrons. The Hall–Kier alpha value is -3.94. The van der Waals surface area contributed by atoms with E-state index in [4.69, 9.17) is 0 Å². The van der Waals surface area contributed by atoms with Crippen molar-refractivity contribution < 1.29 is 4.79 Å². The third-order valence-corrected chi connectivity index (χ3v) is 6.91. The Bertz CT molecular complexity index is 1360. The lowest BCUT2D eigenvalue weighted by atomic mass is 10.0. The van der Waals surface area contributed by atoms with Crippen LogP contribution in [0.5, 0.6) is 0 Å². The largest absolute Gasteiger partial charge is 0.367 e. The van der Waals surface area contributed by atoms with Crippen LogP contribution in [-0.2, 0) is 0 Å². The number of rotatable bonds is 5. The van der Waals surface area contributed by atoms with Crippen LogP contribution >= 0.6 is 0 Å². The molecule has 1 amide bonds. The molecule has 1 saturated carbocycles. The smallest absolute Gasteiger partial charge is 0.273 e. The molecular weight excluding hydrogens is 426 g/mol. The average molecular weight is 452 g/mol. The molecule has 1 saturated heterocycles. The molecule has 0 aromatic carbocycles. The lowest BCUT2D eigenvalue weighted by molar-refractivity contribution is 0.0732. The third-order valence-electron chi connectivity index (χ3n) is 6.91. The Balaban J connectivity index is 1.30. The van der Waals surface area contributed by atoms with Crippen molar-refractivity contribution >= 4 is 22.6 Å². The summed E-state index contributed by atoms with van der Waals surface area (Å²) in [5, 5.41) is 4.48. The van der Waals surface area contributed by atoms with Crippen molar-refractivity contribution in [1.29, 1.82) is 0 Å². The average Bonchev–Trinajstić information content (AvgIpc) is 3.53. The van der Waals surface area contributed by atoms with Gasteiger partial charge < -0.3 is 10.2 Å². The van der Waals surface area contributed by atoms with E-state index in [0.29, 0.717) is 23.6 Å². The van der Waals surface area contributed by atoms with Gasteiger partial charge in [0.15, 0.2) is 5.82 Å². The number of carbonyl (C=O) groups excluding carboxylic acids is 1. The highest BCUT2D eigenvalue weighted by molar-refractivity contribution is 5.98. The van der Waals surface area contributed by atoms with Crippen LogP contribution in [0, 0.1) is 12.3 Å². The highest BCUT2D eigenvalue weighted by Crippen LogP contribution is 2.55. The molecule has 8 heteroatoms. The lowest BCUT2D eigenvalue weighted by Crippen LogP contribution is -2.40. The maximum absolute atomic E-state index is 13.9. The van der Waals surface area contributed by atoms with Gasteiger partial charge in [0.25, 0.3) is 5.91 Å². The monoisotopic (exact) mass is 451 g/mol. The molecule has 4 aromatic rings. The standard InChI is InChI=1S/C26H25N7O/c1-17-5-6-20(24-28-11-3-12-29-24)22(32-17)25(34)33-16-26(8-9-26)14-18(33)15-31-23-19-4-2-10-27-21(19)7-13-30-23/h2-7,10-13,18H,8-9,14-16H2,1H3,(H,30,31)/t18-/m0/s1. The number of anilines is 1. The fraction of sp³-hybridized carbons (Fsp3) is 0.308. The molecule has 2 aliphatic rings. The van der Waals surface area contributed by atoms with Gasteiger partial charge in [-0.15, -0.1) is 0 Å². The Kier molecular flexibility index (Phi) is 4.94. The van der Waals surface area contributed by atoms with Crippen molar-refractivity contribution in [3.8, 4) is 11.4 Å². The second-order valence-corrected chi connectivity index (χ2v) is 9.32. The van der Waals surface area contributed by atoms with Crippen LogP contribution in [-0.4, -0.2) is 54.9 Å². The van der Waals surface area contributed by atoms with Crippen LogP contribution in [0.3, 0.4) is 0 Å². The topological polar surface area (TPSA) is 96.8 Å². The van der Waals surface area contributed by atoms with E-state index in [-0.39, 0.29) is 17.4 Å². The number of likely N-dealkylation sites (tertiary alicyclic amines) is 1. The van der Waals surface area contributed by atoms with Gasteiger partial charge in [-0.3, -0.25) is 9.78 Å². The molecule has 2 fully saturated rings. The van der Waals surface area contributed by atoms with Crippen molar-refractivity contribution in [2.75, 3.05) is 18.4 Å². The SMILES string of the molecule is Cc1ccc(-c2ncccn2)c(C(=O)N2CC3(CC3)C[C@H]2CNc2nccc3ncccc23)n1. The first-order valence-electron chi connectivity index (χ1n) is 11.6. The fourth-order valence-electron chi connectivity index (χ4n) is 4.96. The maximum atomic E-state index is 13.9. The Morgan fingerprint density at radius 3 is 2.68 bits per heavy atom. The third kappa shape index (κ3) is 3.75. The molecule has 1 N–H and O–H groups in total. The quantitative estimate of drug-likeness (QED) is 0.492. The number of pyridine rings is 3. The summed E-state index contributed by atoms with van der Waals surface area (Å²) in [5.41, 5.74) is 3.02. The fourth-order valence-corrected chi connectivity index (χ4v) is 4.96. The second kappa shape index (κ2) is 8.13. The van der Waals surface area contributed by atoms with E-state index in [0.717, 1.165) is 35.4 Å². The second-order valence-electron chi connectivity index (χ2n) is 9.32. The first kappa shape index (κ1) is 20.7. The van der Waals surface area contributed by atoms with Gasteiger partial charge in [0.2, 0.25) is 0 Å². The minimum Gasteiger partial charge on any atom is -0.367 e. The molecule has 0 bridgehead atoms. The summed E-state index contributed by atoms with van der Waals surface area (Å²) in [6.45, 7) is 3.28. The Morgan fingerprint density at radius 1 is 1.03 bits per heavy atom. The molecule has 1 aliphatic heterocycles. The minimum atomic E-state index is -0.0609. The van der Waals surface area contributed by atoms with Crippen LogP contribution in [0.25, 0.3) is 22.3 Å². The van der Waals surface area contributed by atoms with Crippen molar-refractivity contribution in [3.05, 3.63) is 72.6 Å². The van der Waals surface area contributed by atoms with E-state index in [9.17, 15) is 4.79 Å². The van der Waals surface area contributed by atoms with E-state index in [1.165, 1.54) is 12.8 Å².